The van der Waals surface area contributed by atoms with E-state index in [0.29, 0.717) is 0 Å². The van der Waals surface area contributed by atoms with E-state index in [-0.39, 0.29) is 18.6 Å². The first-order valence-electron chi connectivity index (χ1n) is 7.33. The van der Waals surface area contributed by atoms with Gasteiger partial charge in [-0.25, -0.2) is 0 Å². The fourth-order valence-corrected chi connectivity index (χ4v) is 1.78. The quantitative estimate of drug-likeness (QED) is 0.183. The van der Waals surface area contributed by atoms with Gasteiger partial charge < -0.3 is 32.5 Å². The van der Waals surface area contributed by atoms with Crippen LogP contribution in [0.2, 0.25) is 0 Å². The number of nitrogens with two attached hydrogens (primary N) is 2. The minimum Gasteiger partial charge on any atom is -0.480 e. The Bertz CT molecular complexity index is 529. The van der Waals surface area contributed by atoms with Crippen LogP contribution in [0, 0.1) is 0 Å². The van der Waals surface area contributed by atoms with Crippen LogP contribution < -0.4 is 27.4 Å². The lowest BCUT2D eigenvalue weighted by Gasteiger charge is -2.22. The Morgan fingerprint density at radius 3 is 2.16 bits per heavy atom. The zero-order valence-corrected chi connectivity index (χ0v) is 14.5. The van der Waals surface area contributed by atoms with Gasteiger partial charge in [0.25, 0.3) is 0 Å². The SMILES string of the molecule is CC(NC(=O)C(CCC(N)=O)NC(=O)C(N)CS)C(=O)NCC(=O)O. The molecule has 0 heterocycles. The molecule has 0 spiro atoms. The first-order valence-corrected chi connectivity index (χ1v) is 7.96. The van der Waals surface area contributed by atoms with Crippen molar-refractivity contribution in [3.63, 3.8) is 0 Å². The molecule has 0 aromatic heterocycles. The topological polar surface area (TPSA) is 194 Å². The summed E-state index contributed by atoms with van der Waals surface area (Å²) in [5.41, 5.74) is 10.5. The number of carbonyl (C=O) groups excluding carboxylic acids is 4. The van der Waals surface area contributed by atoms with Crippen molar-refractivity contribution >= 4 is 42.2 Å². The summed E-state index contributed by atoms with van der Waals surface area (Å²) in [6.45, 7) is 0.735. The van der Waals surface area contributed by atoms with Gasteiger partial charge in [0.15, 0.2) is 0 Å². The minimum atomic E-state index is -1.24. The molecule has 0 aromatic rings. The van der Waals surface area contributed by atoms with E-state index >= 15 is 0 Å². The molecule has 0 aliphatic heterocycles. The molecule has 0 fully saturated rings. The second kappa shape index (κ2) is 11.3. The number of amides is 4. The molecule has 12 heteroatoms. The summed E-state index contributed by atoms with van der Waals surface area (Å²) < 4.78 is 0. The molecule has 11 nitrogen and oxygen atoms in total. The highest BCUT2D eigenvalue weighted by Crippen LogP contribution is 2.00. The predicted molar refractivity (Wildman–Crippen MR) is 90.4 cm³/mol. The normalized spacial score (nSPS) is 13.9. The summed E-state index contributed by atoms with van der Waals surface area (Å²) in [6, 6.07) is -3.15. The molecule has 0 aromatic carbocycles. The van der Waals surface area contributed by atoms with Gasteiger partial charge in [-0.1, -0.05) is 0 Å². The number of hydrogen-bond donors (Lipinski definition) is 7. The van der Waals surface area contributed by atoms with Gasteiger partial charge in [-0.15, -0.1) is 0 Å². The molecule has 0 rings (SSSR count). The fourth-order valence-electron chi connectivity index (χ4n) is 1.61. The number of carbonyl (C=O) groups is 5. The second-order valence-corrected chi connectivity index (χ2v) is 5.56. The number of carboxylic acids is 1. The van der Waals surface area contributed by atoms with Gasteiger partial charge >= 0.3 is 5.97 Å². The molecule has 25 heavy (non-hydrogen) atoms. The van der Waals surface area contributed by atoms with E-state index in [1.165, 1.54) is 6.92 Å². The van der Waals surface area contributed by atoms with Gasteiger partial charge in [0.1, 0.15) is 18.6 Å². The maximum atomic E-state index is 12.2. The monoisotopic (exact) mass is 377 g/mol. The van der Waals surface area contributed by atoms with E-state index in [1.807, 2.05) is 0 Å². The number of nitrogens with one attached hydrogen (secondary N) is 3. The highest BCUT2D eigenvalue weighted by molar-refractivity contribution is 7.80. The third-order valence-electron chi connectivity index (χ3n) is 3.01. The average molecular weight is 377 g/mol. The van der Waals surface area contributed by atoms with Gasteiger partial charge in [0.05, 0.1) is 6.04 Å². The second-order valence-electron chi connectivity index (χ2n) is 5.20. The Morgan fingerprint density at radius 2 is 1.68 bits per heavy atom. The highest BCUT2D eigenvalue weighted by Gasteiger charge is 2.26. The number of thiol groups is 1. The number of rotatable bonds is 11. The van der Waals surface area contributed by atoms with Crippen LogP contribution in [0.3, 0.4) is 0 Å². The number of primary amides is 1. The van der Waals surface area contributed by atoms with E-state index in [0.717, 1.165) is 0 Å². The van der Waals surface area contributed by atoms with Crippen LogP contribution in [-0.2, 0) is 24.0 Å². The van der Waals surface area contributed by atoms with Crippen LogP contribution in [0.15, 0.2) is 0 Å². The van der Waals surface area contributed by atoms with E-state index in [1.54, 1.807) is 0 Å². The summed E-state index contributed by atoms with van der Waals surface area (Å²) in [5.74, 6) is -3.97. The van der Waals surface area contributed by atoms with Crippen molar-refractivity contribution in [1.29, 1.82) is 0 Å². The minimum absolute atomic E-state index is 0.0456. The number of hydrogen-bond acceptors (Lipinski definition) is 7. The lowest BCUT2D eigenvalue weighted by atomic mass is 10.1. The van der Waals surface area contributed by atoms with Crippen molar-refractivity contribution in [3.05, 3.63) is 0 Å². The Hall–Kier alpha value is -2.34. The first-order chi connectivity index (χ1) is 11.6. The molecule has 3 atom stereocenters. The molecule has 0 saturated carbocycles. The smallest absolute Gasteiger partial charge is 0.322 e. The Morgan fingerprint density at radius 1 is 1.08 bits per heavy atom. The molecule has 8 N–H and O–H groups in total. The summed E-state index contributed by atoms with van der Waals surface area (Å²) in [4.78, 5) is 57.0. The van der Waals surface area contributed by atoms with Gasteiger partial charge in [0.2, 0.25) is 23.6 Å². The van der Waals surface area contributed by atoms with E-state index in [2.05, 4.69) is 28.6 Å². The summed E-state index contributed by atoms with van der Waals surface area (Å²) >= 11 is 3.87. The molecule has 0 aliphatic carbocycles. The van der Waals surface area contributed by atoms with Crippen LogP contribution in [-0.4, -0.2) is 65.1 Å². The Balaban J connectivity index is 4.83. The molecule has 142 valence electrons. The summed E-state index contributed by atoms with van der Waals surface area (Å²) in [6.07, 6.45) is -0.260. The predicted octanol–water partition coefficient (Wildman–Crippen LogP) is -3.30. The first kappa shape index (κ1) is 22.7. The maximum absolute atomic E-state index is 12.2. The molecule has 0 radical (unpaired) electrons. The lowest BCUT2D eigenvalue weighted by Crippen LogP contribution is -2.55. The van der Waals surface area contributed by atoms with Crippen LogP contribution in [0.25, 0.3) is 0 Å². The number of aliphatic carboxylic acids is 1. The zero-order valence-electron chi connectivity index (χ0n) is 13.7. The molecule has 4 amide bonds. The van der Waals surface area contributed by atoms with Crippen molar-refractivity contribution in [1.82, 2.24) is 16.0 Å². The Kier molecular flexibility index (Phi) is 10.2. The van der Waals surface area contributed by atoms with Gasteiger partial charge in [-0.05, 0) is 13.3 Å². The fraction of sp³-hybridized carbons (Fsp3) is 0.615. The molecule has 0 aliphatic rings. The number of carboxylic acid groups (broad SMARTS) is 1. The molecule has 0 saturated heterocycles. The largest absolute Gasteiger partial charge is 0.480 e. The van der Waals surface area contributed by atoms with Crippen LogP contribution in [0.5, 0.6) is 0 Å². The van der Waals surface area contributed by atoms with Crippen molar-refractivity contribution in [2.75, 3.05) is 12.3 Å². The molecule has 0 bridgehead atoms. The van der Waals surface area contributed by atoms with Crippen molar-refractivity contribution in [2.24, 2.45) is 11.5 Å². The van der Waals surface area contributed by atoms with E-state index in [4.69, 9.17) is 16.6 Å². The van der Waals surface area contributed by atoms with Gasteiger partial charge in [-0.2, -0.15) is 12.6 Å². The van der Waals surface area contributed by atoms with E-state index in [9.17, 15) is 24.0 Å². The molecule has 3 unspecified atom stereocenters. The summed E-state index contributed by atoms with van der Waals surface area (Å²) in [7, 11) is 0. The Labute approximate surface area is 149 Å². The molecular weight excluding hydrogens is 354 g/mol. The molecular formula is C13H23N5O6S. The average Bonchev–Trinajstić information content (AvgIpc) is 2.54. The standard InChI is InChI=1S/C13H23N5O6S/c1-6(11(22)16-4-10(20)21)17-13(24)8(2-3-9(15)19)18-12(23)7(14)5-25/h6-8,25H,2-5,14H2,1H3,(H2,15,19)(H,16,22)(H,17,24)(H,18,23)(H,20,21). The van der Waals surface area contributed by atoms with Crippen molar-refractivity contribution in [2.45, 2.75) is 37.9 Å². The van der Waals surface area contributed by atoms with Gasteiger partial charge in [-0.3, -0.25) is 24.0 Å². The van der Waals surface area contributed by atoms with Crippen LogP contribution in [0.1, 0.15) is 19.8 Å². The zero-order chi connectivity index (χ0) is 19.6. The van der Waals surface area contributed by atoms with Crippen LogP contribution >= 0.6 is 12.6 Å². The maximum Gasteiger partial charge on any atom is 0.322 e. The van der Waals surface area contributed by atoms with Crippen molar-refractivity contribution < 1.29 is 29.1 Å². The highest BCUT2D eigenvalue weighted by atomic mass is 32.1. The third-order valence-corrected chi connectivity index (χ3v) is 3.41. The van der Waals surface area contributed by atoms with Crippen molar-refractivity contribution in [3.8, 4) is 0 Å². The third kappa shape index (κ3) is 9.52. The van der Waals surface area contributed by atoms with Crippen LogP contribution in [0.4, 0.5) is 0 Å². The van der Waals surface area contributed by atoms with E-state index < -0.39 is 54.3 Å². The van der Waals surface area contributed by atoms with Gasteiger partial charge in [0, 0.05) is 12.2 Å². The summed E-state index contributed by atoms with van der Waals surface area (Å²) in [5, 5.41) is 15.3. The lowest BCUT2D eigenvalue weighted by molar-refractivity contribution is -0.138.